The normalized spacial score (nSPS) is 19.0. The molecule has 1 unspecified atom stereocenters. The smallest absolute Gasteiger partial charge is 0.277 e. The van der Waals surface area contributed by atoms with E-state index in [1.54, 1.807) is 13.0 Å². The van der Waals surface area contributed by atoms with Gasteiger partial charge in [0.15, 0.2) is 0 Å². The summed E-state index contributed by atoms with van der Waals surface area (Å²) in [6.07, 6.45) is 0.853. The molecule has 1 saturated heterocycles. The van der Waals surface area contributed by atoms with Gasteiger partial charge in [-0.2, -0.15) is 0 Å². The topological polar surface area (TPSA) is 69.6 Å². The lowest BCUT2D eigenvalue weighted by Gasteiger charge is -2.34. The highest BCUT2D eigenvalue weighted by Gasteiger charge is 2.32. The number of piperazine rings is 1. The molecule has 1 aromatic carbocycles. The van der Waals surface area contributed by atoms with Gasteiger partial charge < -0.3 is 14.7 Å². The molecule has 0 radical (unpaired) electrons. The van der Waals surface area contributed by atoms with E-state index in [4.69, 9.17) is 0 Å². The molecule has 4 rings (SSSR count). The second kappa shape index (κ2) is 7.22. The largest absolute Gasteiger partial charge is 0.339 e. The highest BCUT2D eigenvalue weighted by molar-refractivity contribution is 6.06. The summed E-state index contributed by atoms with van der Waals surface area (Å²) in [5, 5.41) is 0. The van der Waals surface area contributed by atoms with Crippen molar-refractivity contribution in [2.24, 2.45) is 0 Å². The van der Waals surface area contributed by atoms with E-state index in [9.17, 15) is 9.59 Å². The molecule has 0 N–H and O–H groups in total. The zero-order chi connectivity index (χ0) is 19.8. The fraction of sp³-hybridized carbons (Fsp3) is 0.429. The van der Waals surface area contributed by atoms with Crippen molar-refractivity contribution in [1.82, 2.24) is 14.9 Å². The molecule has 28 heavy (non-hydrogen) atoms. The summed E-state index contributed by atoms with van der Waals surface area (Å²) in [4.78, 5) is 39.7. The van der Waals surface area contributed by atoms with Crippen LogP contribution in [0.4, 0.5) is 11.6 Å². The van der Waals surface area contributed by atoms with Crippen molar-refractivity contribution in [1.29, 1.82) is 0 Å². The third kappa shape index (κ3) is 3.32. The number of aromatic nitrogens is 2. The Morgan fingerprint density at radius 2 is 1.79 bits per heavy atom. The molecule has 3 heterocycles. The highest BCUT2D eigenvalue weighted by atomic mass is 16.2. The minimum atomic E-state index is -0.0911. The third-order valence-electron chi connectivity index (χ3n) is 5.50. The summed E-state index contributed by atoms with van der Waals surface area (Å²) in [7, 11) is 0. The first-order chi connectivity index (χ1) is 13.4. The number of para-hydroxylation sites is 1. The summed E-state index contributed by atoms with van der Waals surface area (Å²) >= 11 is 0. The molecule has 146 valence electrons. The van der Waals surface area contributed by atoms with Gasteiger partial charge in [-0.15, -0.1) is 0 Å². The summed E-state index contributed by atoms with van der Waals surface area (Å²) < 4.78 is 0. The van der Waals surface area contributed by atoms with E-state index in [1.807, 2.05) is 39.8 Å². The Balaban J connectivity index is 1.59. The number of nitrogens with zero attached hydrogens (tertiary/aromatic N) is 5. The molecule has 1 atom stereocenters. The Morgan fingerprint density at radius 3 is 2.50 bits per heavy atom. The number of hydrogen-bond donors (Lipinski definition) is 0. The van der Waals surface area contributed by atoms with Gasteiger partial charge in [0.05, 0.1) is 0 Å². The van der Waals surface area contributed by atoms with Crippen molar-refractivity contribution >= 4 is 23.5 Å². The average Bonchev–Trinajstić information content (AvgIpc) is 3.02. The number of carbonyl (C=O) groups excluding carboxylic acids is 2. The van der Waals surface area contributed by atoms with Crippen LogP contribution in [0.15, 0.2) is 30.3 Å². The number of fused-ring (bicyclic) bond motifs is 1. The van der Waals surface area contributed by atoms with E-state index in [0.717, 1.165) is 17.8 Å². The van der Waals surface area contributed by atoms with Crippen LogP contribution in [0.5, 0.6) is 0 Å². The van der Waals surface area contributed by atoms with Gasteiger partial charge in [0.25, 0.3) is 5.91 Å². The predicted molar refractivity (Wildman–Crippen MR) is 108 cm³/mol. The molecule has 2 amide bonds. The fourth-order valence-corrected chi connectivity index (χ4v) is 4.02. The van der Waals surface area contributed by atoms with Gasteiger partial charge >= 0.3 is 0 Å². The first-order valence-corrected chi connectivity index (χ1v) is 9.71. The van der Waals surface area contributed by atoms with Crippen molar-refractivity contribution in [3.8, 4) is 0 Å². The molecule has 1 aromatic heterocycles. The SMILES string of the molecule is CC(=O)N1CCN(c2nc(C)cc(C(=O)N3c4ccccc4CC3C)n2)CC1. The van der Waals surface area contributed by atoms with Crippen LogP contribution in [0.2, 0.25) is 0 Å². The second-order valence-electron chi connectivity index (χ2n) is 7.54. The maximum atomic E-state index is 13.3. The summed E-state index contributed by atoms with van der Waals surface area (Å²) in [5.41, 5.74) is 3.34. The molecule has 0 bridgehead atoms. The molecule has 2 aliphatic rings. The summed E-state index contributed by atoms with van der Waals surface area (Å²) in [5.74, 6) is 0.556. The van der Waals surface area contributed by atoms with Crippen molar-refractivity contribution in [2.75, 3.05) is 36.0 Å². The number of carbonyl (C=O) groups is 2. The maximum absolute atomic E-state index is 13.3. The standard InChI is InChI=1S/C21H25N5O2/c1-14-12-18(20(28)26-15(2)13-17-6-4-5-7-19(17)26)23-21(22-14)25-10-8-24(9-11-25)16(3)27/h4-7,12,15H,8-11,13H2,1-3H3. The molecular weight excluding hydrogens is 354 g/mol. The van der Waals surface area contributed by atoms with Crippen molar-refractivity contribution in [3.63, 3.8) is 0 Å². The Labute approximate surface area is 165 Å². The van der Waals surface area contributed by atoms with Crippen molar-refractivity contribution < 1.29 is 9.59 Å². The van der Waals surface area contributed by atoms with Gasteiger partial charge in [-0.3, -0.25) is 9.59 Å². The molecule has 0 spiro atoms. The molecule has 2 aliphatic heterocycles. The van der Waals surface area contributed by atoms with Gasteiger partial charge in [0.1, 0.15) is 5.69 Å². The minimum absolute atomic E-state index is 0.0855. The number of hydrogen-bond acceptors (Lipinski definition) is 5. The summed E-state index contributed by atoms with van der Waals surface area (Å²) in [6.45, 7) is 8.16. The Bertz CT molecular complexity index is 921. The molecule has 0 saturated carbocycles. The number of anilines is 2. The minimum Gasteiger partial charge on any atom is -0.339 e. The molecular formula is C21H25N5O2. The van der Waals surface area contributed by atoms with Crippen LogP contribution in [-0.2, 0) is 11.2 Å². The van der Waals surface area contributed by atoms with Crippen molar-refractivity contribution in [2.45, 2.75) is 33.2 Å². The van der Waals surface area contributed by atoms with Gasteiger partial charge in [0.2, 0.25) is 11.9 Å². The van der Waals surface area contributed by atoms with Crippen LogP contribution < -0.4 is 9.80 Å². The van der Waals surface area contributed by atoms with Crippen LogP contribution in [-0.4, -0.2) is 58.9 Å². The first kappa shape index (κ1) is 18.4. The van der Waals surface area contributed by atoms with E-state index < -0.39 is 0 Å². The predicted octanol–water partition coefficient (Wildman–Crippen LogP) is 2.04. The molecule has 0 aliphatic carbocycles. The number of amides is 2. The number of rotatable bonds is 2. The monoisotopic (exact) mass is 379 g/mol. The Hall–Kier alpha value is -2.96. The molecule has 1 fully saturated rings. The van der Waals surface area contributed by atoms with Crippen LogP contribution >= 0.6 is 0 Å². The zero-order valence-corrected chi connectivity index (χ0v) is 16.6. The van der Waals surface area contributed by atoms with Gasteiger partial charge in [0, 0.05) is 50.5 Å². The maximum Gasteiger partial charge on any atom is 0.277 e. The zero-order valence-electron chi connectivity index (χ0n) is 16.6. The highest BCUT2D eigenvalue weighted by Crippen LogP contribution is 2.33. The lowest BCUT2D eigenvalue weighted by Crippen LogP contribution is -2.48. The van der Waals surface area contributed by atoms with Crippen LogP contribution in [0.1, 0.15) is 35.6 Å². The van der Waals surface area contributed by atoms with E-state index in [1.165, 1.54) is 5.56 Å². The number of aryl methyl sites for hydroxylation is 1. The van der Waals surface area contributed by atoms with Crippen LogP contribution in [0.25, 0.3) is 0 Å². The second-order valence-corrected chi connectivity index (χ2v) is 7.54. The Kier molecular flexibility index (Phi) is 4.75. The van der Waals surface area contributed by atoms with E-state index in [0.29, 0.717) is 37.8 Å². The first-order valence-electron chi connectivity index (χ1n) is 9.71. The molecule has 2 aromatic rings. The lowest BCUT2D eigenvalue weighted by molar-refractivity contribution is -0.129. The van der Waals surface area contributed by atoms with Gasteiger partial charge in [-0.25, -0.2) is 9.97 Å². The van der Waals surface area contributed by atoms with E-state index in [-0.39, 0.29) is 17.9 Å². The third-order valence-corrected chi connectivity index (χ3v) is 5.50. The quantitative estimate of drug-likeness (QED) is 0.799. The number of benzene rings is 1. The van der Waals surface area contributed by atoms with Crippen LogP contribution in [0, 0.1) is 6.92 Å². The summed E-state index contributed by atoms with van der Waals surface area (Å²) in [6, 6.07) is 9.89. The Morgan fingerprint density at radius 1 is 1.07 bits per heavy atom. The average molecular weight is 379 g/mol. The molecule has 7 nitrogen and oxygen atoms in total. The van der Waals surface area contributed by atoms with E-state index in [2.05, 4.69) is 23.0 Å². The van der Waals surface area contributed by atoms with Gasteiger partial charge in [-0.05, 0) is 38.0 Å². The van der Waals surface area contributed by atoms with Crippen molar-refractivity contribution in [3.05, 3.63) is 47.3 Å². The fourth-order valence-electron chi connectivity index (χ4n) is 4.02. The van der Waals surface area contributed by atoms with Gasteiger partial charge in [-0.1, -0.05) is 18.2 Å². The van der Waals surface area contributed by atoms with E-state index >= 15 is 0 Å². The van der Waals surface area contributed by atoms with Crippen LogP contribution in [0.3, 0.4) is 0 Å². The molecule has 7 heteroatoms. The lowest BCUT2D eigenvalue weighted by atomic mass is 10.1.